The molecule has 15 nitrogen and oxygen atoms in total. The molecule has 0 radical (unpaired) electrons. The second-order valence-electron chi connectivity index (χ2n) is 9.99. The van der Waals surface area contributed by atoms with Gasteiger partial charge in [0.1, 0.15) is 17.2 Å². The lowest BCUT2D eigenvalue weighted by Crippen LogP contribution is -2.82. The Hall–Kier alpha value is -7.26. The van der Waals surface area contributed by atoms with Crippen molar-refractivity contribution in [3.05, 3.63) is 137 Å². The zero-order valence-electron chi connectivity index (χ0n) is 25.5. The average Bonchev–Trinajstić information content (AvgIpc) is 3.14. The summed E-state index contributed by atoms with van der Waals surface area (Å²) in [6, 6.07) is 20.9. The Kier molecular flexibility index (Phi) is 10.7. The van der Waals surface area contributed by atoms with Crippen LogP contribution in [0.15, 0.2) is 113 Å². The second kappa shape index (κ2) is 15.8. The summed E-state index contributed by atoms with van der Waals surface area (Å²) in [6.07, 6.45) is 9.15. The number of carbonyl (C=O) groups excluding carboxylic acids is 3. The van der Waals surface area contributed by atoms with Crippen molar-refractivity contribution < 1.29 is 30.0 Å². The highest BCUT2D eigenvalue weighted by atomic mass is 16.3. The number of amides is 3. The van der Waals surface area contributed by atoms with Crippen molar-refractivity contribution in [1.29, 1.82) is 5.41 Å². The number of quaternary nitrogens is 1. The minimum atomic E-state index is -0.574. The molecule has 2 aromatic carbocycles. The number of nitrogens with zero attached hydrogens (tertiary/aromatic N) is 6. The van der Waals surface area contributed by atoms with Gasteiger partial charge in [-0.05, 0) is 71.8 Å². The van der Waals surface area contributed by atoms with Gasteiger partial charge in [-0.2, -0.15) is 21.1 Å². The van der Waals surface area contributed by atoms with Gasteiger partial charge in [0.05, 0.1) is 18.6 Å². The van der Waals surface area contributed by atoms with Crippen molar-refractivity contribution >= 4 is 42.6 Å². The summed E-state index contributed by atoms with van der Waals surface area (Å²) in [5, 5.41) is 41.8. The van der Waals surface area contributed by atoms with Gasteiger partial charge in [0.15, 0.2) is 11.4 Å². The second-order valence-corrected chi connectivity index (χ2v) is 9.99. The summed E-state index contributed by atoms with van der Waals surface area (Å²) in [7, 11) is 0. The van der Waals surface area contributed by atoms with Gasteiger partial charge in [0.2, 0.25) is 0 Å². The molecule has 49 heavy (non-hydrogen) atoms. The number of carbonyl (C=O) groups is 2. The molecular weight excluding hydrogens is 628 g/mol. The minimum absolute atomic E-state index is 0.136. The van der Waals surface area contributed by atoms with E-state index in [1.807, 2.05) is 0 Å². The maximum absolute atomic E-state index is 12.5. The molecule has 0 fully saturated rings. The molecule has 0 saturated carbocycles. The number of pyridine rings is 3. The number of nitrogens with two attached hydrogens (primary N) is 1. The van der Waals surface area contributed by atoms with Gasteiger partial charge in [0, 0.05) is 47.1 Å². The van der Waals surface area contributed by atoms with Crippen molar-refractivity contribution in [1.82, 2.24) is 25.8 Å². The minimum Gasteiger partial charge on any atom is -0.507 e. The Morgan fingerprint density at radius 2 is 1.18 bits per heavy atom. The zero-order valence-corrected chi connectivity index (χ0v) is 25.5. The van der Waals surface area contributed by atoms with Crippen LogP contribution in [0.1, 0.15) is 48.9 Å². The van der Waals surface area contributed by atoms with E-state index < -0.39 is 11.8 Å². The van der Waals surface area contributed by atoms with Crippen LogP contribution in [-0.4, -0.2) is 72.5 Å². The molecule has 0 aliphatic heterocycles. The van der Waals surface area contributed by atoms with E-state index in [0.29, 0.717) is 11.1 Å². The van der Waals surface area contributed by atoms with Crippen molar-refractivity contribution in [3.63, 3.8) is 0 Å². The summed E-state index contributed by atoms with van der Waals surface area (Å²) >= 11 is 0. The number of phenolic OH excluding ortho intramolecular Hbond substituents is 2. The summed E-state index contributed by atoms with van der Waals surface area (Å²) in [6.45, 7) is 0. The Bertz CT molecular complexity index is 2000. The third kappa shape index (κ3) is 8.51. The number of aromatic hydroxyl groups is 2. The number of aromatic nitrogens is 3. The number of primary amides is 1. The standard InChI is InChI=1S/C34H26N10O5/c35-17-23-13-21(14-24(30(23)45)18-39-42-32(47)27-7-1-4-10-36-27)22-15-25(19-40-43-33(48)28-8-2-5-11-37-28)31(46)26(16-22)20-41-44-34(49)29-9-3-6-12-38-29/h1-20,35,45-46H,(H,42,47)(H,43,48)(H,44,49)/p+2. The predicted molar refractivity (Wildman–Crippen MR) is 181 cm³/mol. The summed E-state index contributed by atoms with van der Waals surface area (Å²) in [4.78, 5) is 47.2. The highest BCUT2D eigenvalue weighted by Gasteiger charge is 2.16. The van der Waals surface area contributed by atoms with E-state index in [1.165, 1.54) is 43.3 Å². The van der Waals surface area contributed by atoms with Crippen molar-refractivity contribution in [2.75, 3.05) is 0 Å². The van der Waals surface area contributed by atoms with Gasteiger partial charge in [-0.1, -0.05) is 23.3 Å². The highest BCUT2D eigenvalue weighted by molar-refractivity contribution is 5.99. The first-order valence-corrected chi connectivity index (χ1v) is 14.4. The maximum Gasteiger partial charge on any atom is 0.460 e. The molecule has 242 valence electrons. The molecule has 0 aliphatic rings. The molecule has 15 heteroatoms. The van der Waals surface area contributed by atoms with Crippen molar-refractivity contribution in [3.8, 4) is 22.6 Å². The lowest BCUT2D eigenvalue weighted by Gasteiger charge is -2.11. The van der Waals surface area contributed by atoms with Crippen LogP contribution in [-0.2, 0) is 0 Å². The number of nitrogens with one attached hydrogen (secondary N) is 3. The Morgan fingerprint density at radius 1 is 0.694 bits per heavy atom. The normalized spacial score (nSPS) is 11.2. The molecule has 0 saturated heterocycles. The maximum atomic E-state index is 12.5. The van der Waals surface area contributed by atoms with Crippen LogP contribution in [0, 0.1) is 5.41 Å². The summed E-state index contributed by atoms with van der Waals surface area (Å²) in [5.74, 6) is -1.86. The third-order valence-corrected chi connectivity index (χ3v) is 6.70. The largest absolute Gasteiger partial charge is 0.507 e. The Labute approximate surface area is 278 Å². The lowest BCUT2D eigenvalue weighted by molar-refractivity contribution is -0.560. The molecule has 0 atom stereocenters. The van der Waals surface area contributed by atoms with Crippen LogP contribution in [0.4, 0.5) is 0 Å². The van der Waals surface area contributed by atoms with Crippen LogP contribution in [0.5, 0.6) is 11.5 Å². The number of hydrogen-bond donors (Lipinski definition) is 6. The lowest BCUT2D eigenvalue weighted by atomic mass is 9.95. The highest BCUT2D eigenvalue weighted by Crippen LogP contribution is 2.32. The monoisotopic (exact) mass is 656 g/mol. The van der Waals surface area contributed by atoms with Crippen LogP contribution < -0.4 is 16.3 Å². The fraction of sp³-hybridized carbons (Fsp3) is 0. The first kappa shape index (κ1) is 33.1. The van der Waals surface area contributed by atoms with E-state index in [9.17, 15) is 24.6 Å². The van der Waals surface area contributed by atoms with Crippen molar-refractivity contribution in [2.45, 2.75) is 0 Å². The Morgan fingerprint density at radius 3 is 1.73 bits per heavy atom. The van der Waals surface area contributed by atoms with Gasteiger partial charge < -0.3 is 15.6 Å². The first-order valence-electron chi connectivity index (χ1n) is 14.4. The van der Waals surface area contributed by atoms with E-state index >= 15 is 0 Å². The third-order valence-electron chi connectivity index (χ3n) is 6.70. The number of benzene rings is 2. The molecule has 3 heterocycles. The fourth-order valence-electron chi connectivity index (χ4n) is 4.30. The van der Waals surface area contributed by atoms with Gasteiger partial charge in [-0.15, -0.1) is 0 Å². The number of hydrazone groups is 2. The van der Waals surface area contributed by atoms with Crippen LogP contribution in [0.2, 0.25) is 0 Å². The molecule has 5 aromatic rings. The van der Waals surface area contributed by atoms with E-state index in [0.717, 1.165) is 11.6 Å². The first-order chi connectivity index (χ1) is 23.8. The van der Waals surface area contributed by atoms with Gasteiger partial charge in [-0.3, -0.25) is 14.6 Å². The molecule has 0 unspecified atom stereocenters. The van der Waals surface area contributed by atoms with Crippen LogP contribution >= 0.6 is 0 Å². The quantitative estimate of drug-likeness (QED) is 0.0534. The number of phenols is 2. The van der Waals surface area contributed by atoms with Gasteiger partial charge >= 0.3 is 11.8 Å². The molecule has 8 N–H and O–H groups in total. The molecule has 3 amide bonds. The van der Waals surface area contributed by atoms with E-state index in [4.69, 9.17) is 5.41 Å². The topological polar surface area (TPSA) is 236 Å². The molecule has 0 aliphatic carbocycles. The number of rotatable bonds is 11. The predicted octanol–water partition coefficient (Wildman–Crippen LogP) is 1.92. The summed E-state index contributed by atoms with van der Waals surface area (Å²) < 4.78 is 0. The Balaban J connectivity index is 1.48. The van der Waals surface area contributed by atoms with Gasteiger partial charge in [0.25, 0.3) is 5.91 Å². The van der Waals surface area contributed by atoms with Crippen LogP contribution in [0.25, 0.3) is 11.1 Å². The number of hydrogen-bond acceptors (Lipinski definition) is 11. The molecular formula is C34H28N10O5+2. The van der Waals surface area contributed by atoms with Crippen LogP contribution in [0.3, 0.4) is 0 Å². The van der Waals surface area contributed by atoms with E-state index in [1.54, 1.807) is 72.8 Å². The SMILES string of the molecule is N=Cc1cc(-c2cc(C=NNC(=O)c3ccccn3)c(O)c(C=N[NH2+]C(=O)c3ccccn3)c2)cc(C=NNC(=[OH+])c2ccccn2)c1O. The summed E-state index contributed by atoms with van der Waals surface area (Å²) in [5.41, 5.74) is 8.07. The molecule has 0 bridgehead atoms. The molecule has 0 spiro atoms. The zero-order chi connectivity index (χ0) is 34.6. The van der Waals surface area contributed by atoms with Crippen molar-refractivity contribution in [2.24, 2.45) is 15.3 Å². The van der Waals surface area contributed by atoms with Gasteiger partial charge in [-0.25, -0.2) is 20.2 Å². The van der Waals surface area contributed by atoms with E-state index in [-0.39, 0.29) is 56.7 Å². The fourth-order valence-corrected chi connectivity index (χ4v) is 4.30. The smallest absolute Gasteiger partial charge is 0.460 e. The molecule has 3 aromatic heterocycles. The van der Waals surface area contributed by atoms with E-state index in [2.05, 4.69) is 41.1 Å². The average molecular weight is 657 g/mol. The molecule has 5 rings (SSSR count).